The van der Waals surface area contributed by atoms with Crippen LogP contribution in [0.1, 0.15) is 62.9 Å². The van der Waals surface area contributed by atoms with E-state index in [1.807, 2.05) is 6.92 Å². The number of amides is 1. The molecular formula is C17H22F3NO3. The van der Waals surface area contributed by atoms with Crippen molar-refractivity contribution in [1.82, 2.24) is 5.06 Å². The van der Waals surface area contributed by atoms with Crippen LogP contribution in [0.5, 0.6) is 0 Å². The number of hydroxylamine groups is 2. The standard InChI is InChI=1S/C17H22F3NO3/c1-5-6-7-14(22)21(16(2,3)4)24-15(23)12-8-10-13(11-9-12)17(18,19)20/h8-11H,5-7H2,1-4H3. The molecule has 1 amide bonds. The van der Waals surface area contributed by atoms with E-state index in [-0.39, 0.29) is 17.9 Å². The first-order valence-corrected chi connectivity index (χ1v) is 7.69. The minimum Gasteiger partial charge on any atom is -0.332 e. The van der Waals surface area contributed by atoms with Gasteiger partial charge in [-0.25, -0.2) is 4.79 Å². The van der Waals surface area contributed by atoms with Gasteiger partial charge in [0.15, 0.2) is 0 Å². The van der Waals surface area contributed by atoms with Crippen molar-refractivity contribution in [3.05, 3.63) is 35.4 Å². The monoisotopic (exact) mass is 345 g/mol. The van der Waals surface area contributed by atoms with E-state index < -0.39 is 23.2 Å². The average molecular weight is 345 g/mol. The highest BCUT2D eigenvalue weighted by Gasteiger charge is 2.32. The van der Waals surface area contributed by atoms with Crippen molar-refractivity contribution in [1.29, 1.82) is 0 Å². The molecule has 1 aromatic rings. The van der Waals surface area contributed by atoms with Crippen LogP contribution in [0.4, 0.5) is 13.2 Å². The number of benzene rings is 1. The molecule has 0 fully saturated rings. The van der Waals surface area contributed by atoms with E-state index in [0.717, 1.165) is 35.7 Å². The third kappa shape index (κ3) is 5.54. The number of hydrogen-bond donors (Lipinski definition) is 0. The van der Waals surface area contributed by atoms with Crippen LogP contribution in [0.25, 0.3) is 0 Å². The van der Waals surface area contributed by atoms with Crippen LogP contribution in [0.3, 0.4) is 0 Å². The second kappa shape index (κ2) is 7.68. The van der Waals surface area contributed by atoms with E-state index in [4.69, 9.17) is 4.84 Å². The number of rotatable bonds is 4. The molecule has 0 aliphatic heterocycles. The van der Waals surface area contributed by atoms with Crippen LogP contribution >= 0.6 is 0 Å². The second-order valence-corrected chi connectivity index (χ2v) is 6.42. The average Bonchev–Trinajstić information content (AvgIpc) is 2.48. The first-order chi connectivity index (χ1) is 11.0. The first kappa shape index (κ1) is 20.0. The van der Waals surface area contributed by atoms with E-state index in [2.05, 4.69) is 0 Å². The molecule has 0 saturated heterocycles. The lowest BCUT2D eigenvalue weighted by molar-refractivity contribution is -0.188. The Kier molecular flexibility index (Phi) is 6.40. The van der Waals surface area contributed by atoms with E-state index >= 15 is 0 Å². The van der Waals surface area contributed by atoms with Gasteiger partial charge >= 0.3 is 12.1 Å². The van der Waals surface area contributed by atoms with Gasteiger partial charge in [0.25, 0.3) is 5.91 Å². The smallest absolute Gasteiger partial charge is 0.332 e. The quantitative estimate of drug-likeness (QED) is 0.750. The van der Waals surface area contributed by atoms with Crippen LogP contribution < -0.4 is 0 Å². The third-order valence-electron chi connectivity index (χ3n) is 3.20. The van der Waals surface area contributed by atoms with Gasteiger partial charge in [-0.2, -0.15) is 18.2 Å². The van der Waals surface area contributed by atoms with Crippen LogP contribution in [-0.4, -0.2) is 22.5 Å². The SMILES string of the molecule is CCCCC(=O)N(OC(=O)c1ccc(C(F)(F)F)cc1)C(C)(C)C. The zero-order valence-electron chi connectivity index (χ0n) is 14.2. The molecule has 1 aromatic carbocycles. The van der Waals surface area contributed by atoms with Crippen molar-refractivity contribution in [2.24, 2.45) is 0 Å². The zero-order valence-corrected chi connectivity index (χ0v) is 14.2. The molecule has 0 unspecified atom stereocenters. The minimum absolute atomic E-state index is 0.0551. The van der Waals surface area contributed by atoms with Crippen molar-refractivity contribution in [3.8, 4) is 0 Å². The largest absolute Gasteiger partial charge is 0.416 e. The van der Waals surface area contributed by atoms with Crippen molar-refractivity contribution in [2.45, 2.75) is 58.7 Å². The summed E-state index contributed by atoms with van der Waals surface area (Å²) in [6.45, 7) is 7.05. The predicted octanol–water partition coefficient (Wildman–Crippen LogP) is 4.59. The molecule has 0 aromatic heterocycles. The summed E-state index contributed by atoms with van der Waals surface area (Å²) in [5.74, 6) is -1.21. The number of carbonyl (C=O) groups is 2. The maximum atomic E-state index is 12.5. The fourth-order valence-corrected chi connectivity index (χ4v) is 1.92. The lowest BCUT2D eigenvalue weighted by atomic mass is 10.1. The van der Waals surface area contributed by atoms with E-state index in [9.17, 15) is 22.8 Å². The Bertz CT molecular complexity index is 574. The molecule has 134 valence electrons. The van der Waals surface area contributed by atoms with E-state index in [1.165, 1.54) is 0 Å². The maximum Gasteiger partial charge on any atom is 0.416 e. The van der Waals surface area contributed by atoms with Gasteiger partial charge in [0.1, 0.15) is 0 Å². The van der Waals surface area contributed by atoms with E-state index in [0.29, 0.717) is 6.42 Å². The molecular weight excluding hydrogens is 323 g/mol. The van der Waals surface area contributed by atoms with Gasteiger partial charge < -0.3 is 4.84 Å². The fourth-order valence-electron chi connectivity index (χ4n) is 1.92. The highest BCUT2D eigenvalue weighted by Crippen LogP contribution is 2.29. The third-order valence-corrected chi connectivity index (χ3v) is 3.20. The number of alkyl halides is 3. The van der Waals surface area contributed by atoms with Gasteiger partial charge in [0.05, 0.1) is 16.7 Å². The van der Waals surface area contributed by atoms with Crippen LogP contribution in [0, 0.1) is 0 Å². The Labute approximate surface area is 139 Å². The van der Waals surface area contributed by atoms with Gasteiger partial charge in [-0.1, -0.05) is 13.3 Å². The van der Waals surface area contributed by atoms with Crippen LogP contribution in [0.2, 0.25) is 0 Å². The Hall–Kier alpha value is -2.05. The molecule has 24 heavy (non-hydrogen) atoms. The summed E-state index contributed by atoms with van der Waals surface area (Å²) < 4.78 is 37.6. The highest BCUT2D eigenvalue weighted by molar-refractivity contribution is 5.90. The molecule has 0 N–H and O–H groups in total. The molecule has 0 saturated carbocycles. The summed E-state index contributed by atoms with van der Waals surface area (Å²) in [6.07, 6.45) is -2.77. The fraction of sp³-hybridized carbons (Fsp3) is 0.529. The van der Waals surface area contributed by atoms with Gasteiger partial charge in [0.2, 0.25) is 0 Å². The summed E-state index contributed by atoms with van der Waals surface area (Å²) in [7, 11) is 0. The molecule has 0 atom stereocenters. The zero-order chi connectivity index (χ0) is 18.5. The normalized spacial score (nSPS) is 12.0. The molecule has 0 radical (unpaired) electrons. The van der Waals surface area contributed by atoms with Crippen LogP contribution in [0.15, 0.2) is 24.3 Å². The number of nitrogens with zero attached hydrogens (tertiary/aromatic N) is 1. The Morgan fingerprint density at radius 1 is 1.08 bits per heavy atom. The Morgan fingerprint density at radius 3 is 2.04 bits per heavy atom. The molecule has 0 aliphatic carbocycles. The highest BCUT2D eigenvalue weighted by atomic mass is 19.4. The van der Waals surface area contributed by atoms with E-state index in [1.54, 1.807) is 20.8 Å². The van der Waals surface area contributed by atoms with Gasteiger partial charge in [-0.05, 0) is 51.5 Å². The molecule has 1 rings (SSSR count). The Morgan fingerprint density at radius 2 is 1.62 bits per heavy atom. The lowest BCUT2D eigenvalue weighted by Crippen LogP contribution is -2.46. The molecule has 7 heteroatoms. The van der Waals surface area contributed by atoms with Crippen molar-refractivity contribution in [3.63, 3.8) is 0 Å². The van der Waals surface area contributed by atoms with Gasteiger partial charge in [-0.3, -0.25) is 4.79 Å². The lowest BCUT2D eigenvalue weighted by Gasteiger charge is -2.33. The number of carbonyl (C=O) groups excluding carboxylic acids is 2. The Balaban J connectivity index is 2.90. The summed E-state index contributed by atoms with van der Waals surface area (Å²) >= 11 is 0. The number of halogens is 3. The molecule has 0 spiro atoms. The predicted molar refractivity (Wildman–Crippen MR) is 83.0 cm³/mol. The summed E-state index contributed by atoms with van der Waals surface area (Å²) in [4.78, 5) is 29.5. The summed E-state index contributed by atoms with van der Waals surface area (Å²) in [6, 6.07) is 3.67. The first-order valence-electron chi connectivity index (χ1n) is 7.69. The summed E-state index contributed by atoms with van der Waals surface area (Å²) in [5.41, 5.74) is -1.67. The maximum absolute atomic E-state index is 12.5. The molecule has 0 bridgehead atoms. The minimum atomic E-state index is -4.48. The van der Waals surface area contributed by atoms with Crippen molar-refractivity contribution < 1.29 is 27.6 Å². The topological polar surface area (TPSA) is 46.6 Å². The van der Waals surface area contributed by atoms with Gasteiger partial charge in [-0.15, -0.1) is 0 Å². The second-order valence-electron chi connectivity index (χ2n) is 6.42. The summed E-state index contributed by atoms with van der Waals surface area (Å²) in [5, 5.41) is 0.989. The molecule has 0 aliphatic rings. The van der Waals surface area contributed by atoms with Crippen molar-refractivity contribution in [2.75, 3.05) is 0 Å². The number of hydrogen-bond acceptors (Lipinski definition) is 3. The molecule has 0 heterocycles. The number of unbranched alkanes of at least 4 members (excludes halogenated alkanes) is 1. The molecule has 4 nitrogen and oxygen atoms in total. The van der Waals surface area contributed by atoms with Crippen LogP contribution in [-0.2, 0) is 15.8 Å². The van der Waals surface area contributed by atoms with Crippen molar-refractivity contribution >= 4 is 11.9 Å². The van der Waals surface area contributed by atoms with Gasteiger partial charge in [0, 0.05) is 6.42 Å².